The van der Waals surface area contributed by atoms with Gasteiger partial charge < -0.3 is 10.2 Å². The van der Waals surface area contributed by atoms with Crippen LogP contribution in [0.1, 0.15) is 87.3 Å². The van der Waals surface area contributed by atoms with E-state index >= 15 is 0 Å². The Morgan fingerprint density at radius 1 is 0.842 bits per heavy atom. The average Bonchev–Trinajstić information content (AvgIpc) is 2.89. The van der Waals surface area contributed by atoms with Crippen molar-refractivity contribution >= 4 is 6.15 Å². The van der Waals surface area contributed by atoms with Crippen LogP contribution in [0.15, 0.2) is 60.7 Å². The van der Waals surface area contributed by atoms with Crippen molar-refractivity contribution in [3.8, 4) is 11.1 Å². The summed E-state index contributed by atoms with van der Waals surface area (Å²) in [6.45, 7) is 15.3. The van der Waals surface area contributed by atoms with Gasteiger partial charge in [-0.1, -0.05) is 89.2 Å². The van der Waals surface area contributed by atoms with E-state index in [0.29, 0.717) is 0 Å². The Balaban J connectivity index is 0.00000161. The van der Waals surface area contributed by atoms with Crippen molar-refractivity contribution in [3.63, 3.8) is 0 Å². The molecular formula is C34H44O4. The molecule has 0 spiro atoms. The van der Waals surface area contributed by atoms with E-state index < -0.39 is 0 Å². The predicted molar refractivity (Wildman–Crippen MR) is 154 cm³/mol. The van der Waals surface area contributed by atoms with Crippen LogP contribution in [-0.4, -0.2) is 22.5 Å². The lowest BCUT2D eigenvalue weighted by Crippen LogP contribution is -2.27. The minimum absolute atomic E-state index is 0.0373. The van der Waals surface area contributed by atoms with Crippen molar-refractivity contribution < 1.29 is 19.8 Å². The summed E-state index contributed by atoms with van der Waals surface area (Å²) in [5.41, 5.74) is 9.80. The van der Waals surface area contributed by atoms with Crippen LogP contribution in [0.5, 0.6) is 0 Å². The van der Waals surface area contributed by atoms with Crippen molar-refractivity contribution in [2.45, 2.75) is 92.3 Å². The van der Waals surface area contributed by atoms with E-state index in [1.807, 2.05) is 12.1 Å². The molecule has 0 aliphatic rings. The second-order valence-electron chi connectivity index (χ2n) is 11.3. The van der Waals surface area contributed by atoms with Crippen LogP contribution < -0.4 is 0 Å². The minimum atomic E-state index is -0.300. The molecule has 0 aliphatic heterocycles. The van der Waals surface area contributed by atoms with Gasteiger partial charge >= 0.3 is 6.15 Å². The highest BCUT2D eigenvalue weighted by Crippen LogP contribution is 2.41. The molecule has 0 aromatic heterocycles. The molecule has 0 saturated heterocycles. The SMILES string of the molecule is CCC(CC)(c1ccc(CCC(O)C(C)(C)C)c(C)c1)c1ccc(-c2cccc(CO)c2)c(C)c1.O=C=O. The predicted octanol–water partition coefficient (Wildman–Crippen LogP) is 7.32. The summed E-state index contributed by atoms with van der Waals surface area (Å²) < 4.78 is 0. The van der Waals surface area contributed by atoms with E-state index in [9.17, 15) is 10.2 Å². The third kappa shape index (κ3) is 7.29. The first-order chi connectivity index (χ1) is 18.0. The molecule has 3 aromatic carbocycles. The molecule has 3 rings (SSSR count). The summed E-state index contributed by atoms with van der Waals surface area (Å²) in [5, 5.41) is 20.0. The summed E-state index contributed by atoms with van der Waals surface area (Å²) in [4.78, 5) is 16.2. The molecule has 38 heavy (non-hydrogen) atoms. The lowest BCUT2D eigenvalue weighted by atomic mass is 9.69. The van der Waals surface area contributed by atoms with Crippen LogP contribution in [0, 0.1) is 19.3 Å². The van der Waals surface area contributed by atoms with E-state index in [4.69, 9.17) is 9.59 Å². The Morgan fingerprint density at radius 3 is 1.92 bits per heavy atom. The van der Waals surface area contributed by atoms with Gasteiger partial charge in [-0.2, -0.15) is 9.59 Å². The molecular weight excluding hydrogens is 472 g/mol. The molecule has 2 N–H and O–H groups in total. The first-order valence-corrected chi connectivity index (χ1v) is 13.6. The maximum absolute atomic E-state index is 10.5. The second-order valence-corrected chi connectivity index (χ2v) is 11.3. The van der Waals surface area contributed by atoms with Gasteiger partial charge in [0.05, 0.1) is 12.7 Å². The number of hydrogen-bond donors (Lipinski definition) is 2. The maximum atomic E-state index is 10.5. The van der Waals surface area contributed by atoms with Crippen molar-refractivity contribution in [1.29, 1.82) is 0 Å². The fraction of sp³-hybridized carbons (Fsp3) is 0.441. The van der Waals surface area contributed by atoms with E-state index in [2.05, 4.69) is 97.0 Å². The molecule has 4 nitrogen and oxygen atoms in total. The molecule has 0 saturated carbocycles. The molecule has 4 heteroatoms. The number of aliphatic hydroxyl groups is 2. The Bertz CT molecular complexity index is 1230. The van der Waals surface area contributed by atoms with Gasteiger partial charge in [0, 0.05) is 5.41 Å². The molecule has 0 fully saturated rings. The number of hydrogen-bond acceptors (Lipinski definition) is 4. The summed E-state index contributed by atoms with van der Waals surface area (Å²) >= 11 is 0. The zero-order valence-corrected chi connectivity index (χ0v) is 24.1. The largest absolute Gasteiger partial charge is 0.393 e. The lowest BCUT2D eigenvalue weighted by molar-refractivity contribution is -0.191. The second kappa shape index (κ2) is 13.7. The molecule has 0 heterocycles. The highest BCUT2D eigenvalue weighted by Gasteiger charge is 2.31. The quantitative estimate of drug-likeness (QED) is 0.312. The van der Waals surface area contributed by atoms with E-state index in [-0.39, 0.29) is 29.7 Å². The van der Waals surface area contributed by atoms with Gasteiger partial charge in [0.15, 0.2) is 0 Å². The summed E-state index contributed by atoms with van der Waals surface area (Å²) in [7, 11) is 0. The van der Waals surface area contributed by atoms with Crippen LogP contribution in [0.25, 0.3) is 11.1 Å². The van der Waals surface area contributed by atoms with Gasteiger partial charge in [0.2, 0.25) is 0 Å². The van der Waals surface area contributed by atoms with Gasteiger partial charge in [-0.25, -0.2) is 0 Å². The van der Waals surface area contributed by atoms with Crippen molar-refractivity contribution in [1.82, 2.24) is 0 Å². The van der Waals surface area contributed by atoms with Crippen LogP contribution in [0.4, 0.5) is 0 Å². The molecule has 204 valence electrons. The molecule has 0 radical (unpaired) electrons. The average molecular weight is 517 g/mol. The van der Waals surface area contributed by atoms with Crippen LogP contribution >= 0.6 is 0 Å². The number of aryl methyl sites for hydroxylation is 3. The smallest absolute Gasteiger partial charge is 0.373 e. The Kier molecular flexibility index (Phi) is 11.2. The molecule has 0 bridgehead atoms. The topological polar surface area (TPSA) is 74.6 Å². The zero-order chi connectivity index (χ0) is 28.5. The first-order valence-electron chi connectivity index (χ1n) is 13.6. The summed E-state index contributed by atoms with van der Waals surface area (Å²) in [5.74, 6) is 0. The Labute approximate surface area is 228 Å². The molecule has 3 aromatic rings. The fourth-order valence-electron chi connectivity index (χ4n) is 5.35. The Morgan fingerprint density at radius 2 is 1.42 bits per heavy atom. The van der Waals surface area contributed by atoms with Crippen molar-refractivity contribution in [2.24, 2.45) is 5.41 Å². The summed E-state index contributed by atoms with van der Waals surface area (Å²) in [6.07, 6.45) is 3.70. The highest BCUT2D eigenvalue weighted by atomic mass is 16.3. The maximum Gasteiger partial charge on any atom is 0.373 e. The van der Waals surface area contributed by atoms with Crippen molar-refractivity contribution in [2.75, 3.05) is 0 Å². The summed E-state index contributed by atoms with van der Waals surface area (Å²) in [6, 6.07) is 22.0. The third-order valence-corrected chi connectivity index (χ3v) is 7.99. The monoisotopic (exact) mass is 516 g/mol. The standard InChI is InChI=1S/C33H44O2.CO2/c1-8-33(9-2,28-15-13-26(23(3)19-28)14-18-31(35)32(5,6)7)29-16-17-30(24(4)20-29)27-12-10-11-25(21-27)22-34;2-1-3/h10-13,15-17,19-21,31,34-35H,8-9,14,18,22H2,1-7H3;. The minimum Gasteiger partial charge on any atom is -0.393 e. The van der Waals surface area contributed by atoms with Crippen LogP contribution in [-0.2, 0) is 28.0 Å². The highest BCUT2D eigenvalue weighted by molar-refractivity contribution is 5.68. The molecule has 0 aliphatic carbocycles. The first kappa shape index (κ1) is 31.2. The third-order valence-electron chi connectivity index (χ3n) is 7.99. The molecule has 1 unspecified atom stereocenters. The van der Waals surface area contributed by atoms with Gasteiger partial charge in [-0.05, 0) is 95.5 Å². The zero-order valence-electron chi connectivity index (χ0n) is 24.1. The number of carbonyl (C=O) groups excluding carboxylic acids is 2. The van der Waals surface area contributed by atoms with Gasteiger partial charge in [0.1, 0.15) is 0 Å². The van der Waals surface area contributed by atoms with Crippen LogP contribution in [0.2, 0.25) is 0 Å². The lowest BCUT2D eigenvalue weighted by Gasteiger charge is -2.34. The number of benzene rings is 3. The Hall–Kier alpha value is -3.04. The van der Waals surface area contributed by atoms with E-state index in [1.165, 1.54) is 33.4 Å². The van der Waals surface area contributed by atoms with Gasteiger partial charge in [0.25, 0.3) is 0 Å². The van der Waals surface area contributed by atoms with E-state index in [0.717, 1.165) is 36.8 Å². The van der Waals surface area contributed by atoms with Gasteiger partial charge in [-0.15, -0.1) is 0 Å². The molecule has 1 atom stereocenters. The molecule has 0 amide bonds. The number of aliphatic hydroxyl groups excluding tert-OH is 2. The van der Waals surface area contributed by atoms with Crippen molar-refractivity contribution in [3.05, 3.63) is 94.0 Å². The fourth-order valence-corrected chi connectivity index (χ4v) is 5.35. The van der Waals surface area contributed by atoms with Crippen LogP contribution in [0.3, 0.4) is 0 Å². The van der Waals surface area contributed by atoms with E-state index in [1.54, 1.807) is 0 Å². The normalized spacial score (nSPS) is 12.3. The number of rotatable bonds is 9. The van der Waals surface area contributed by atoms with Gasteiger partial charge in [-0.3, -0.25) is 0 Å².